The lowest BCUT2D eigenvalue weighted by molar-refractivity contribution is -0.138. The van der Waals surface area contributed by atoms with Crippen molar-refractivity contribution in [1.29, 1.82) is 0 Å². The molecule has 0 aliphatic carbocycles. The van der Waals surface area contributed by atoms with Crippen molar-refractivity contribution in [3.05, 3.63) is 73.6 Å². The average molecular weight is 577 g/mol. The zero-order valence-corrected chi connectivity index (χ0v) is 23.1. The van der Waals surface area contributed by atoms with Crippen LogP contribution in [0.25, 0.3) is 5.57 Å². The molecule has 7 nitrogen and oxygen atoms in total. The lowest BCUT2D eigenvalue weighted by atomic mass is 9.96. The summed E-state index contributed by atoms with van der Waals surface area (Å²) in [5.41, 5.74) is 0.530. The van der Waals surface area contributed by atoms with E-state index in [9.17, 15) is 18.3 Å². The van der Waals surface area contributed by atoms with Gasteiger partial charge in [0.1, 0.15) is 0 Å². The molecule has 0 spiro atoms. The van der Waals surface area contributed by atoms with E-state index in [4.69, 9.17) is 11.6 Å². The number of anilines is 1. The van der Waals surface area contributed by atoms with Gasteiger partial charge in [0.05, 0.1) is 22.0 Å². The Hall–Kier alpha value is -2.99. The Morgan fingerprint density at radius 3 is 2.64 bits per heavy atom. The van der Waals surface area contributed by atoms with Crippen molar-refractivity contribution in [2.45, 2.75) is 12.6 Å². The van der Waals surface area contributed by atoms with Gasteiger partial charge in [-0.3, -0.25) is 4.90 Å². The van der Waals surface area contributed by atoms with E-state index in [1.54, 1.807) is 18.3 Å². The Kier molecular flexibility index (Phi) is 7.95. The highest BCUT2D eigenvalue weighted by Crippen LogP contribution is 2.39. The van der Waals surface area contributed by atoms with Crippen LogP contribution in [0.5, 0.6) is 5.88 Å². The summed E-state index contributed by atoms with van der Waals surface area (Å²) in [6.07, 6.45) is -3.07. The van der Waals surface area contributed by atoms with Crippen LogP contribution in [-0.2, 0) is 12.6 Å². The molecule has 1 aromatic heterocycles. The number of halogens is 4. The van der Waals surface area contributed by atoms with Crippen molar-refractivity contribution in [1.82, 2.24) is 14.8 Å². The zero-order valence-electron chi connectivity index (χ0n) is 21.5. The van der Waals surface area contributed by atoms with Gasteiger partial charge in [0.25, 0.3) is 0 Å². The summed E-state index contributed by atoms with van der Waals surface area (Å²) in [5, 5.41) is 20.9. The molecular weight excluding hydrogens is 549 g/mol. The number of nitrogens with zero attached hydrogens (tertiary/aromatic N) is 6. The highest BCUT2D eigenvalue weighted by Gasteiger charge is 2.34. The maximum Gasteiger partial charge on any atom is 0.416 e. The van der Waals surface area contributed by atoms with E-state index in [2.05, 4.69) is 32.0 Å². The normalized spacial score (nSPS) is 16.8. The summed E-state index contributed by atoms with van der Waals surface area (Å²) < 4.78 is 41.8. The Balaban J connectivity index is 1.51. The van der Waals surface area contributed by atoms with E-state index >= 15 is 0 Å². The summed E-state index contributed by atoms with van der Waals surface area (Å²) in [7, 11) is 4.02. The van der Waals surface area contributed by atoms with Crippen LogP contribution in [0.15, 0.2) is 46.6 Å². The molecule has 0 atom stereocenters. The number of fused-ring (bicyclic) bond motifs is 1. The molecule has 0 unspecified atom stereocenters. The smallest absolute Gasteiger partial charge is 0.416 e. The first-order chi connectivity index (χ1) is 18.6. The number of aromatic hydroxyl groups is 1. The highest BCUT2D eigenvalue weighted by molar-refractivity contribution is 7.17. The first-order valence-electron chi connectivity index (χ1n) is 12.5. The fourth-order valence-electron chi connectivity index (χ4n) is 4.68. The van der Waals surface area contributed by atoms with Crippen molar-refractivity contribution in [2.75, 3.05) is 58.3 Å². The fraction of sp³-hybridized carbons (Fsp3) is 0.370. The van der Waals surface area contributed by atoms with E-state index in [0.717, 1.165) is 44.4 Å². The second-order valence-corrected chi connectivity index (χ2v) is 11.2. The molecule has 1 saturated heterocycles. The SMILES string of the molecule is CN1CCN(CCN(C)c2nc(O)c(C(Cc3ccc(Cl)cc3C(F)(F)F)=c3ccc4c(c3)C=NN=4)s2)CC1. The van der Waals surface area contributed by atoms with E-state index in [0.29, 0.717) is 32.7 Å². The Labute approximate surface area is 233 Å². The van der Waals surface area contributed by atoms with Gasteiger partial charge in [-0.05, 0) is 47.7 Å². The van der Waals surface area contributed by atoms with Crippen molar-refractivity contribution >= 4 is 39.9 Å². The molecular formula is C27H28ClF3N6OS. The first-order valence-corrected chi connectivity index (χ1v) is 13.7. The molecule has 3 aromatic rings. The van der Waals surface area contributed by atoms with Crippen LogP contribution in [0.1, 0.15) is 21.6 Å². The Morgan fingerprint density at radius 2 is 1.90 bits per heavy atom. The van der Waals surface area contributed by atoms with Crippen LogP contribution in [0.3, 0.4) is 0 Å². The minimum atomic E-state index is -4.58. The Bertz CT molecular complexity index is 1510. The van der Waals surface area contributed by atoms with Gasteiger partial charge in [-0.15, -0.1) is 0 Å². The summed E-state index contributed by atoms with van der Waals surface area (Å²) in [4.78, 5) is 11.5. The molecule has 3 heterocycles. The third kappa shape index (κ3) is 6.27. The van der Waals surface area contributed by atoms with E-state index in [1.807, 2.05) is 18.0 Å². The van der Waals surface area contributed by atoms with Gasteiger partial charge >= 0.3 is 6.18 Å². The highest BCUT2D eigenvalue weighted by atomic mass is 35.5. The summed E-state index contributed by atoms with van der Waals surface area (Å²) in [5.74, 6) is -0.210. The molecule has 0 bridgehead atoms. The van der Waals surface area contributed by atoms with E-state index in [-0.39, 0.29) is 22.9 Å². The van der Waals surface area contributed by atoms with Crippen LogP contribution in [0.4, 0.5) is 18.3 Å². The molecule has 2 aromatic carbocycles. The predicted molar refractivity (Wildman–Crippen MR) is 148 cm³/mol. The topological polar surface area (TPSA) is 67.6 Å². The number of thiazole rings is 1. The third-order valence-electron chi connectivity index (χ3n) is 7.03. The van der Waals surface area contributed by atoms with Gasteiger partial charge in [0.2, 0.25) is 5.88 Å². The molecule has 0 saturated carbocycles. The zero-order chi connectivity index (χ0) is 27.7. The largest absolute Gasteiger partial charge is 0.492 e. The molecule has 12 heteroatoms. The van der Waals surface area contributed by atoms with Crippen LogP contribution in [0, 0.1) is 0 Å². The lowest BCUT2D eigenvalue weighted by Gasteiger charge is -2.33. The lowest BCUT2D eigenvalue weighted by Crippen LogP contribution is -2.46. The average Bonchev–Trinajstić information content (AvgIpc) is 3.53. The molecule has 5 rings (SSSR count). The van der Waals surface area contributed by atoms with Gasteiger partial charge < -0.3 is 14.9 Å². The molecule has 1 fully saturated rings. The van der Waals surface area contributed by atoms with Crippen molar-refractivity contribution < 1.29 is 18.3 Å². The molecule has 0 amide bonds. The third-order valence-corrected chi connectivity index (χ3v) is 8.48. The molecule has 2 aliphatic rings. The number of rotatable bonds is 7. The number of piperazine rings is 1. The minimum Gasteiger partial charge on any atom is -0.492 e. The van der Waals surface area contributed by atoms with Crippen LogP contribution >= 0.6 is 22.9 Å². The van der Waals surface area contributed by atoms with Crippen LogP contribution in [-0.4, -0.2) is 79.5 Å². The van der Waals surface area contributed by atoms with Gasteiger partial charge in [-0.1, -0.05) is 35.1 Å². The van der Waals surface area contributed by atoms with E-state index in [1.165, 1.54) is 23.5 Å². The molecule has 1 N–H and O–H groups in total. The number of hydrogen-bond acceptors (Lipinski definition) is 8. The number of likely N-dealkylation sites (N-methyl/N-ethyl adjacent to an activating group) is 2. The Morgan fingerprint density at radius 1 is 1.13 bits per heavy atom. The molecule has 0 radical (unpaired) electrons. The number of benzene rings is 2. The van der Waals surface area contributed by atoms with Gasteiger partial charge in [-0.2, -0.15) is 28.4 Å². The summed E-state index contributed by atoms with van der Waals surface area (Å²) in [6.45, 7) is 5.59. The quantitative estimate of drug-likeness (QED) is 0.465. The predicted octanol–water partition coefficient (Wildman–Crippen LogP) is 3.61. The van der Waals surface area contributed by atoms with Crippen LogP contribution in [0.2, 0.25) is 5.02 Å². The van der Waals surface area contributed by atoms with E-state index < -0.39 is 11.7 Å². The standard InChI is InChI=1S/C27H28ClF3N6OS/c1-35-7-10-37(11-8-35)12-9-36(2)26-33-25(38)24(39-26)21(17-4-6-23-19(13-17)16-32-34-23)14-18-3-5-20(28)15-22(18)27(29,30)31/h3-6,13,15-16,38H,7-12,14H2,1-2H3. The molecule has 2 aliphatic heterocycles. The maximum atomic E-state index is 13.9. The van der Waals surface area contributed by atoms with Gasteiger partial charge in [0, 0.05) is 63.3 Å². The summed E-state index contributed by atoms with van der Waals surface area (Å²) >= 11 is 7.19. The molecule has 206 valence electrons. The van der Waals surface area contributed by atoms with Crippen molar-refractivity contribution in [3.63, 3.8) is 0 Å². The van der Waals surface area contributed by atoms with Gasteiger partial charge in [-0.25, -0.2) is 0 Å². The maximum absolute atomic E-state index is 13.9. The first kappa shape index (κ1) is 27.6. The minimum absolute atomic E-state index is 0.00729. The number of aromatic nitrogens is 1. The van der Waals surface area contributed by atoms with Crippen LogP contribution < -0.4 is 15.5 Å². The fourth-order valence-corrected chi connectivity index (χ4v) is 5.86. The van der Waals surface area contributed by atoms with Gasteiger partial charge in [0.15, 0.2) is 5.13 Å². The number of alkyl halides is 3. The second kappa shape index (κ2) is 11.2. The second-order valence-electron chi connectivity index (χ2n) is 9.79. The monoisotopic (exact) mass is 576 g/mol. The molecule has 39 heavy (non-hydrogen) atoms. The summed E-state index contributed by atoms with van der Waals surface area (Å²) in [6, 6.07) is 9.14. The number of hydrogen-bond donors (Lipinski definition) is 1. The van der Waals surface area contributed by atoms with Crippen molar-refractivity contribution in [3.8, 4) is 5.88 Å². The van der Waals surface area contributed by atoms with Crippen molar-refractivity contribution in [2.24, 2.45) is 10.2 Å².